The monoisotopic (exact) mass is 337 g/mol. The molecule has 1 aliphatic rings. The number of allylic oxidation sites excluding steroid dienone is 1. The van der Waals surface area contributed by atoms with Crippen LogP contribution in [0.2, 0.25) is 0 Å². The maximum atomic E-state index is 12.7. The van der Waals surface area contributed by atoms with Crippen molar-refractivity contribution in [3.63, 3.8) is 0 Å². The molecule has 0 aliphatic carbocycles. The summed E-state index contributed by atoms with van der Waals surface area (Å²) >= 11 is 0. The van der Waals surface area contributed by atoms with Crippen LogP contribution in [0.25, 0.3) is 6.08 Å². The molecule has 0 bridgehead atoms. The molecule has 0 radical (unpaired) electrons. The Kier molecular flexibility index (Phi) is 4.57. The van der Waals surface area contributed by atoms with E-state index in [1.165, 1.54) is 13.2 Å². The van der Waals surface area contributed by atoms with E-state index in [4.69, 9.17) is 18.9 Å². The largest absolute Gasteiger partial charge is 0.497 e. The first kappa shape index (κ1) is 16.4. The standard InChI is InChI=1S/C19H15NO5/c1-22-15-5-3-12(17(9-15)23-2)7-14(10-20)19(21)13-4-6-16-18(8-13)25-11-24-16/h3-9H,11H2,1-2H3/b14-7-. The summed E-state index contributed by atoms with van der Waals surface area (Å²) in [5.74, 6) is 1.79. The van der Waals surface area contributed by atoms with Crippen molar-refractivity contribution in [2.24, 2.45) is 0 Å². The van der Waals surface area contributed by atoms with E-state index < -0.39 is 5.78 Å². The first-order valence-corrected chi connectivity index (χ1v) is 7.44. The van der Waals surface area contributed by atoms with Gasteiger partial charge in [-0.15, -0.1) is 0 Å². The van der Waals surface area contributed by atoms with E-state index in [-0.39, 0.29) is 12.4 Å². The topological polar surface area (TPSA) is 77.8 Å². The number of nitriles is 1. The van der Waals surface area contributed by atoms with E-state index in [1.54, 1.807) is 43.5 Å². The number of hydrogen-bond acceptors (Lipinski definition) is 6. The third-order valence-electron chi connectivity index (χ3n) is 3.74. The minimum atomic E-state index is -0.404. The fourth-order valence-corrected chi connectivity index (χ4v) is 2.44. The summed E-state index contributed by atoms with van der Waals surface area (Å²) in [6.07, 6.45) is 1.49. The lowest BCUT2D eigenvalue weighted by Gasteiger charge is -2.08. The summed E-state index contributed by atoms with van der Waals surface area (Å²) in [5, 5.41) is 9.42. The van der Waals surface area contributed by atoms with Gasteiger partial charge in [0.05, 0.1) is 14.2 Å². The van der Waals surface area contributed by atoms with Crippen molar-refractivity contribution in [2.45, 2.75) is 0 Å². The van der Waals surface area contributed by atoms with Crippen LogP contribution in [0.4, 0.5) is 0 Å². The van der Waals surface area contributed by atoms with Crippen LogP contribution in [0, 0.1) is 11.3 Å². The van der Waals surface area contributed by atoms with Gasteiger partial charge < -0.3 is 18.9 Å². The van der Waals surface area contributed by atoms with Crippen LogP contribution in [-0.4, -0.2) is 26.8 Å². The molecule has 0 unspecified atom stereocenters. The third kappa shape index (κ3) is 3.26. The molecule has 2 aromatic carbocycles. The van der Waals surface area contributed by atoms with Crippen molar-refractivity contribution in [3.05, 3.63) is 53.1 Å². The molecule has 126 valence electrons. The average Bonchev–Trinajstić information content (AvgIpc) is 3.13. The molecule has 25 heavy (non-hydrogen) atoms. The molecular weight excluding hydrogens is 322 g/mol. The van der Waals surface area contributed by atoms with Gasteiger partial charge in [0.25, 0.3) is 0 Å². The van der Waals surface area contributed by atoms with Gasteiger partial charge in [0, 0.05) is 17.2 Å². The molecular formula is C19H15NO5. The highest BCUT2D eigenvalue weighted by molar-refractivity contribution is 6.14. The highest BCUT2D eigenvalue weighted by Gasteiger charge is 2.19. The Hall–Kier alpha value is -3.46. The van der Waals surface area contributed by atoms with E-state index >= 15 is 0 Å². The van der Waals surface area contributed by atoms with Crippen LogP contribution in [0.1, 0.15) is 15.9 Å². The number of methoxy groups -OCH3 is 2. The van der Waals surface area contributed by atoms with E-state index in [1.807, 2.05) is 6.07 Å². The first-order chi connectivity index (χ1) is 12.2. The lowest BCUT2D eigenvalue weighted by atomic mass is 10.0. The second kappa shape index (κ2) is 6.97. The Labute approximate surface area is 144 Å². The van der Waals surface area contributed by atoms with E-state index in [9.17, 15) is 10.1 Å². The minimum Gasteiger partial charge on any atom is -0.497 e. The van der Waals surface area contributed by atoms with Gasteiger partial charge in [0.1, 0.15) is 23.1 Å². The second-order valence-electron chi connectivity index (χ2n) is 5.17. The van der Waals surface area contributed by atoms with E-state index in [0.29, 0.717) is 34.1 Å². The maximum Gasteiger partial charge on any atom is 0.231 e. The van der Waals surface area contributed by atoms with Gasteiger partial charge in [-0.05, 0) is 36.4 Å². The Balaban J connectivity index is 1.96. The van der Waals surface area contributed by atoms with Crippen molar-refractivity contribution in [1.29, 1.82) is 5.26 Å². The third-order valence-corrected chi connectivity index (χ3v) is 3.74. The molecule has 0 amide bonds. The van der Waals surface area contributed by atoms with Gasteiger partial charge in [-0.2, -0.15) is 5.26 Å². The van der Waals surface area contributed by atoms with Crippen LogP contribution in [-0.2, 0) is 0 Å². The summed E-state index contributed by atoms with van der Waals surface area (Å²) in [7, 11) is 3.06. The van der Waals surface area contributed by atoms with Crippen LogP contribution >= 0.6 is 0 Å². The molecule has 6 nitrogen and oxygen atoms in total. The SMILES string of the molecule is COc1ccc(/C=C(/C#N)C(=O)c2ccc3c(c2)OCO3)c(OC)c1. The van der Waals surface area contributed by atoms with Gasteiger partial charge in [-0.1, -0.05) is 0 Å². The fraction of sp³-hybridized carbons (Fsp3) is 0.158. The average molecular weight is 337 g/mol. The molecule has 3 rings (SSSR count). The lowest BCUT2D eigenvalue weighted by molar-refractivity contribution is 0.103. The van der Waals surface area contributed by atoms with Gasteiger partial charge >= 0.3 is 0 Å². The van der Waals surface area contributed by atoms with Crippen molar-refractivity contribution in [2.75, 3.05) is 21.0 Å². The van der Waals surface area contributed by atoms with Crippen molar-refractivity contribution in [1.82, 2.24) is 0 Å². The molecule has 6 heteroatoms. The molecule has 0 saturated heterocycles. The molecule has 1 aliphatic heterocycles. The summed E-state index contributed by atoms with van der Waals surface area (Å²) in [6.45, 7) is 0.122. The van der Waals surface area contributed by atoms with Gasteiger partial charge in [-0.3, -0.25) is 4.79 Å². The quantitative estimate of drug-likeness (QED) is 0.473. The maximum absolute atomic E-state index is 12.7. The number of carbonyl (C=O) groups is 1. The van der Waals surface area contributed by atoms with E-state index in [0.717, 1.165) is 0 Å². The predicted molar refractivity (Wildman–Crippen MR) is 90.0 cm³/mol. The zero-order chi connectivity index (χ0) is 17.8. The van der Waals surface area contributed by atoms with Gasteiger partial charge in [-0.25, -0.2) is 0 Å². The number of hydrogen-bond donors (Lipinski definition) is 0. The Bertz CT molecular complexity index is 895. The second-order valence-corrected chi connectivity index (χ2v) is 5.17. The Morgan fingerprint density at radius 2 is 1.92 bits per heavy atom. The Morgan fingerprint density at radius 1 is 1.12 bits per heavy atom. The molecule has 0 saturated carbocycles. The number of fused-ring (bicyclic) bond motifs is 1. The number of nitrogens with zero attached hydrogens (tertiary/aromatic N) is 1. The molecule has 1 heterocycles. The van der Waals surface area contributed by atoms with Crippen molar-refractivity contribution < 1.29 is 23.7 Å². The summed E-state index contributed by atoms with van der Waals surface area (Å²) in [6, 6.07) is 11.9. The van der Waals surface area contributed by atoms with Crippen LogP contribution in [0.15, 0.2) is 42.0 Å². The summed E-state index contributed by atoms with van der Waals surface area (Å²) < 4.78 is 20.9. The lowest BCUT2D eigenvalue weighted by Crippen LogP contribution is -2.02. The number of benzene rings is 2. The fourth-order valence-electron chi connectivity index (χ4n) is 2.44. The normalized spacial score (nSPS) is 12.4. The number of carbonyl (C=O) groups excluding carboxylic acids is 1. The number of ketones is 1. The van der Waals surface area contributed by atoms with Crippen LogP contribution in [0.3, 0.4) is 0 Å². The van der Waals surface area contributed by atoms with Gasteiger partial charge in [0.15, 0.2) is 11.5 Å². The number of ether oxygens (including phenoxy) is 4. The van der Waals surface area contributed by atoms with Gasteiger partial charge in [0.2, 0.25) is 12.6 Å². The number of rotatable bonds is 5. The molecule has 0 N–H and O–H groups in total. The van der Waals surface area contributed by atoms with Crippen molar-refractivity contribution >= 4 is 11.9 Å². The highest BCUT2D eigenvalue weighted by atomic mass is 16.7. The highest BCUT2D eigenvalue weighted by Crippen LogP contribution is 2.33. The first-order valence-electron chi connectivity index (χ1n) is 7.44. The predicted octanol–water partition coefficient (Wildman–Crippen LogP) is 3.22. The van der Waals surface area contributed by atoms with Crippen LogP contribution < -0.4 is 18.9 Å². The minimum absolute atomic E-state index is 0.0117. The zero-order valence-electron chi connectivity index (χ0n) is 13.7. The van der Waals surface area contributed by atoms with E-state index in [2.05, 4.69) is 0 Å². The zero-order valence-corrected chi connectivity index (χ0v) is 13.7. The number of Topliss-reactive ketones (excluding diaryl/α,β-unsaturated/α-hetero) is 1. The summed E-state index contributed by atoms with van der Waals surface area (Å²) in [4.78, 5) is 12.7. The van der Waals surface area contributed by atoms with Crippen LogP contribution in [0.5, 0.6) is 23.0 Å². The Morgan fingerprint density at radius 3 is 2.64 bits per heavy atom. The smallest absolute Gasteiger partial charge is 0.231 e. The molecule has 0 atom stereocenters. The molecule has 0 spiro atoms. The summed E-state index contributed by atoms with van der Waals surface area (Å²) in [5.41, 5.74) is 0.945. The molecule has 0 aromatic heterocycles. The van der Waals surface area contributed by atoms with Crippen molar-refractivity contribution in [3.8, 4) is 29.1 Å². The molecule has 0 fully saturated rings. The molecule has 2 aromatic rings.